The highest BCUT2D eigenvalue weighted by Gasteiger charge is 2.45. The zero-order chi connectivity index (χ0) is 22.8. The van der Waals surface area contributed by atoms with Gasteiger partial charge in [-0.05, 0) is 36.6 Å². The van der Waals surface area contributed by atoms with Crippen molar-refractivity contribution in [3.8, 4) is 5.75 Å². The number of aliphatic hydroxyl groups excluding tert-OH is 4. The maximum Gasteiger partial charge on any atom is 0.126 e. The van der Waals surface area contributed by atoms with E-state index in [0.29, 0.717) is 35.3 Å². The van der Waals surface area contributed by atoms with Crippen LogP contribution in [-0.2, 0) is 11.2 Å². The van der Waals surface area contributed by atoms with Gasteiger partial charge in [-0.1, -0.05) is 41.4 Å². The van der Waals surface area contributed by atoms with Crippen LogP contribution >= 0.6 is 11.6 Å². The van der Waals surface area contributed by atoms with E-state index >= 15 is 0 Å². The van der Waals surface area contributed by atoms with Crippen molar-refractivity contribution in [2.45, 2.75) is 43.9 Å². The molecular weight excluding hydrogens is 434 g/mol. The van der Waals surface area contributed by atoms with Crippen LogP contribution in [0.3, 0.4) is 0 Å². The molecule has 5 atom stereocenters. The van der Waals surface area contributed by atoms with E-state index in [0.717, 1.165) is 29.8 Å². The van der Waals surface area contributed by atoms with Crippen LogP contribution in [0, 0.1) is 12.8 Å². The lowest BCUT2D eigenvalue weighted by Gasteiger charge is -2.40. The largest absolute Gasteiger partial charge is 0.493 e. The van der Waals surface area contributed by atoms with E-state index in [2.05, 4.69) is 5.32 Å². The van der Waals surface area contributed by atoms with Gasteiger partial charge < -0.3 is 35.2 Å². The van der Waals surface area contributed by atoms with E-state index in [9.17, 15) is 20.4 Å². The van der Waals surface area contributed by atoms with E-state index in [1.807, 2.05) is 37.3 Å². The molecule has 2 aromatic rings. The summed E-state index contributed by atoms with van der Waals surface area (Å²) in [4.78, 5) is 0. The van der Waals surface area contributed by atoms with Crippen molar-refractivity contribution in [1.82, 2.24) is 5.32 Å². The average Bonchev–Trinajstić information content (AvgIpc) is 2.75. The summed E-state index contributed by atoms with van der Waals surface area (Å²) in [7, 11) is 0. The Labute approximate surface area is 192 Å². The van der Waals surface area contributed by atoms with Crippen molar-refractivity contribution < 1.29 is 29.9 Å². The molecule has 5 N–H and O–H groups in total. The van der Waals surface area contributed by atoms with Crippen LogP contribution in [-0.4, -0.2) is 71.1 Å². The van der Waals surface area contributed by atoms with Gasteiger partial charge in [0.1, 0.15) is 36.3 Å². The van der Waals surface area contributed by atoms with Crippen molar-refractivity contribution >= 4 is 11.6 Å². The normalized spacial score (nSPS) is 28.4. The van der Waals surface area contributed by atoms with Crippen LogP contribution in [0.25, 0.3) is 0 Å². The lowest BCUT2D eigenvalue weighted by atomic mass is 9.89. The molecule has 0 saturated carbocycles. The van der Waals surface area contributed by atoms with Crippen molar-refractivity contribution in [3.63, 3.8) is 0 Å². The molecule has 0 aromatic heterocycles. The molecule has 32 heavy (non-hydrogen) atoms. The summed E-state index contributed by atoms with van der Waals surface area (Å²) in [5.74, 6) is 0.836. The third kappa shape index (κ3) is 4.94. The molecule has 2 aliphatic heterocycles. The molecule has 8 heteroatoms. The molecule has 0 spiro atoms. The summed E-state index contributed by atoms with van der Waals surface area (Å²) in [5, 5.41) is 44.5. The zero-order valence-electron chi connectivity index (χ0n) is 17.9. The van der Waals surface area contributed by atoms with Crippen LogP contribution in [0.2, 0.25) is 5.02 Å². The van der Waals surface area contributed by atoms with Crippen LogP contribution in [0.1, 0.15) is 28.4 Å². The average molecular weight is 464 g/mol. The van der Waals surface area contributed by atoms with Crippen LogP contribution < -0.4 is 10.1 Å². The van der Waals surface area contributed by atoms with Crippen LogP contribution in [0.5, 0.6) is 5.75 Å². The Morgan fingerprint density at radius 3 is 2.41 bits per heavy atom. The summed E-state index contributed by atoms with van der Waals surface area (Å²) >= 11 is 6.60. The van der Waals surface area contributed by atoms with Gasteiger partial charge >= 0.3 is 0 Å². The molecule has 2 aromatic carbocycles. The van der Waals surface area contributed by atoms with Gasteiger partial charge in [0.05, 0.1) is 13.2 Å². The first-order valence-corrected chi connectivity index (χ1v) is 11.3. The number of hydrogen-bond donors (Lipinski definition) is 5. The number of aryl methyl sites for hydroxylation is 1. The molecule has 0 unspecified atom stereocenters. The van der Waals surface area contributed by atoms with E-state index in [4.69, 9.17) is 21.1 Å². The van der Waals surface area contributed by atoms with E-state index < -0.39 is 37.1 Å². The molecule has 2 fully saturated rings. The maximum atomic E-state index is 10.7. The second-order valence-corrected chi connectivity index (χ2v) is 9.14. The molecule has 2 heterocycles. The Kier molecular flexibility index (Phi) is 7.37. The summed E-state index contributed by atoms with van der Waals surface area (Å²) in [5.41, 5.74) is 3.59. The summed E-state index contributed by atoms with van der Waals surface area (Å²) in [6.45, 7) is 3.75. The van der Waals surface area contributed by atoms with E-state index in [-0.39, 0.29) is 0 Å². The van der Waals surface area contributed by atoms with Gasteiger partial charge in [0, 0.05) is 29.6 Å². The standard InChI is InChI=1S/C24H30ClNO6/c1-13-2-4-14(5-3-13)6-16-7-17(19(8-18(16)25)31-12-15-9-26-10-15)24-23(30)22(29)21(28)20(11-27)32-24/h2-5,7-8,15,20-24,26-30H,6,9-12H2,1H3/t20-,21-,22+,23-,24+/m1/s1. The lowest BCUT2D eigenvalue weighted by Crippen LogP contribution is -2.55. The topological polar surface area (TPSA) is 111 Å². The van der Waals surface area contributed by atoms with E-state index in [1.165, 1.54) is 0 Å². The fraction of sp³-hybridized carbons (Fsp3) is 0.500. The molecule has 0 amide bonds. The number of benzene rings is 2. The smallest absolute Gasteiger partial charge is 0.126 e. The molecule has 0 radical (unpaired) electrons. The first kappa shape index (κ1) is 23.4. The number of nitrogens with one attached hydrogen (secondary N) is 1. The highest BCUT2D eigenvalue weighted by atomic mass is 35.5. The Bertz CT molecular complexity index is 917. The molecule has 2 saturated heterocycles. The summed E-state index contributed by atoms with van der Waals surface area (Å²) < 4.78 is 11.9. The predicted octanol–water partition coefficient (Wildman–Crippen LogP) is 1.35. The van der Waals surface area contributed by atoms with Crippen molar-refractivity contribution in [2.75, 3.05) is 26.3 Å². The first-order chi connectivity index (χ1) is 15.4. The summed E-state index contributed by atoms with van der Waals surface area (Å²) in [6, 6.07) is 11.7. The Hall–Kier alpha value is -1.71. The van der Waals surface area contributed by atoms with Crippen LogP contribution in [0.4, 0.5) is 0 Å². The molecule has 0 aliphatic carbocycles. The van der Waals surface area contributed by atoms with Gasteiger partial charge in [0.25, 0.3) is 0 Å². The highest BCUT2D eigenvalue weighted by Crippen LogP contribution is 2.40. The second-order valence-electron chi connectivity index (χ2n) is 8.73. The van der Waals surface area contributed by atoms with Gasteiger partial charge in [-0.25, -0.2) is 0 Å². The van der Waals surface area contributed by atoms with E-state index in [1.54, 1.807) is 6.07 Å². The SMILES string of the molecule is Cc1ccc(Cc2cc([C@@H]3O[C@H](CO)[C@@H](O)[C@H](O)[C@H]3O)c(OCC3CNC3)cc2Cl)cc1. The second kappa shape index (κ2) is 10.1. The fourth-order valence-electron chi connectivity index (χ4n) is 4.06. The van der Waals surface area contributed by atoms with Gasteiger partial charge in [-0.2, -0.15) is 0 Å². The number of halogens is 1. The molecule has 7 nitrogen and oxygen atoms in total. The zero-order valence-corrected chi connectivity index (χ0v) is 18.7. The Morgan fingerprint density at radius 2 is 1.78 bits per heavy atom. The fourth-order valence-corrected chi connectivity index (χ4v) is 4.28. The Balaban J connectivity index is 1.68. The molecule has 4 rings (SSSR count). The molecule has 0 bridgehead atoms. The lowest BCUT2D eigenvalue weighted by molar-refractivity contribution is -0.232. The summed E-state index contributed by atoms with van der Waals surface area (Å²) in [6.07, 6.45) is -5.71. The third-order valence-electron chi connectivity index (χ3n) is 6.23. The highest BCUT2D eigenvalue weighted by molar-refractivity contribution is 6.31. The molecule has 2 aliphatic rings. The number of ether oxygens (including phenoxy) is 2. The Morgan fingerprint density at radius 1 is 1.06 bits per heavy atom. The first-order valence-electron chi connectivity index (χ1n) is 10.9. The minimum Gasteiger partial charge on any atom is -0.493 e. The molecular formula is C24H30ClNO6. The maximum absolute atomic E-state index is 10.7. The molecule has 174 valence electrons. The number of rotatable bonds is 7. The van der Waals surface area contributed by atoms with Gasteiger partial charge in [0.2, 0.25) is 0 Å². The third-order valence-corrected chi connectivity index (χ3v) is 6.59. The van der Waals surface area contributed by atoms with Gasteiger partial charge in [-0.15, -0.1) is 0 Å². The monoisotopic (exact) mass is 463 g/mol. The van der Waals surface area contributed by atoms with Crippen molar-refractivity contribution in [1.29, 1.82) is 0 Å². The minimum absolute atomic E-state index is 0.378. The van der Waals surface area contributed by atoms with Crippen molar-refractivity contribution in [2.24, 2.45) is 5.92 Å². The van der Waals surface area contributed by atoms with Crippen LogP contribution in [0.15, 0.2) is 36.4 Å². The van der Waals surface area contributed by atoms with Crippen molar-refractivity contribution in [3.05, 3.63) is 63.7 Å². The quantitative estimate of drug-likeness (QED) is 0.421. The number of aliphatic hydroxyl groups is 4. The minimum atomic E-state index is -1.47. The van der Waals surface area contributed by atoms with Gasteiger partial charge in [0.15, 0.2) is 0 Å². The number of hydrogen-bond acceptors (Lipinski definition) is 7. The predicted molar refractivity (Wildman–Crippen MR) is 120 cm³/mol. The van der Waals surface area contributed by atoms with Gasteiger partial charge in [-0.3, -0.25) is 0 Å².